The Morgan fingerprint density at radius 3 is 2.48 bits per heavy atom. The van der Waals surface area contributed by atoms with E-state index in [1.165, 1.54) is 37.4 Å². The molecule has 2 aliphatic rings. The van der Waals surface area contributed by atoms with E-state index in [0.717, 1.165) is 67.3 Å². The maximum atomic E-state index is 13.2. The van der Waals surface area contributed by atoms with Gasteiger partial charge in [-0.1, -0.05) is 31.7 Å². The lowest BCUT2D eigenvalue weighted by molar-refractivity contribution is 0.0932. The summed E-state index contributed by atoms with van der Waals surface area (Å²) in [7, 11) is 0. The summed E-state index contributed by atoms with van der Waals surface area (Å²) in [6.07, 6.45) is 14.8. The lowest BCUT2D eigenvalue weighted by Crippen LogP contribution is -2.33. The van der Waals surface area contributed by atoms with Crippen molar-refractivity contribution in [3.05, 3.63) is 71.9 Å². The number of hydrogen-bond donors (Lipinski definition) is 3. The summed E-state index contributed by atoms with van der Waals surface area (Å²) < 4.78 is 0. The van der Waals surface area contributed by atoms with Gasteiger partial charge in [-0.2, -0.15) is 5.10 Å². The minimum Gasteiger partial charge on any atom is -0.348 e. The first-order valence-corrected chi connectivity index (χ1v) is 14.4. The van der Waals surface area contributed by atoms with Crippen LogP contribution in [0.3, 0.4) is 0 Å². The van der Waals surface area contributed by atoms with Crippen molar-refractivity contribution in [2.75, 3.05) is 18.4 Å². The zero-order chi connectivity index (χ0) is 27.3. The van der Waals surface area contributed by atoms with Gasteiger partial charge in [0.05, 0.1) is 17.4 Å². The Labute approximate surface area is 233 Å². The van der Waals surface area contributed by atoms with Crippen LogP contribution in [0.25, 0.3) is 22.0 Å². The average Bonchev–Trinajstić information content (AvgIpc) is 3.57. The van der Waals surface area contributed by atoms with E-state index in [9.17, 15) is 9.59 Å². The summed E-state index contributed by atoms with van der Waals surface area (Å²) in [6, 6.07) is 11.7. The highest BCUT2D eigenvalue weighted by molar-refractivity contribution is 6.11. The Morgan fingerprint density at radius 2 is 1.70 bits per heavy atom. The molecule has 6 rings (SSSR count). The number of carbonyl (C=O) groups is 2. The normalized spacial score (nSPS) is 16.6. The first-order valence-electron chi connectivity index (χ1n) is 14.4. The summed E-state index contributed by atoms with van der Waals surface area (Å²) in [4.78, 5) is 36.9. The van der Waals surface area contributed by atoms with Crippen molar-refractivity contribution in [1.82, 2.24) is 30.4 Å². The van der Waals surface area contributed by atoms with Gasteiger partial charge in [0, 0.05) is 35.9 Å². The Bertz CT molecular complexity index is 1480. The second-order valence-electron chi connectivity index (χ2n) is 10.9. The van der Waals surface area contributed by atoms with Crippen LogP contribution in [0, 0.1) is 0 Å². The van der Waals surface area contributed by atoms with Gasteiger partial charge in [-0.3, -0.25) is 24.6 Å². The van der Waals surface area contributed by atoms with Gasteiger partial charge in [-0.25, -0.2) is 4.98 Å². The number of likely N-dealkylation sites (tertiary alicyclic amines) is 1. The fraction of sp³-hybridized carbons (Fsp3) is 0.387. The number of nitrogens with one attached hydrogen (secondary N) is 3. The van der Waals surface area contributed by atoms with E-state index in [1.807, 2.05) is 30.6 Å². The molecule has 1 aliphatic carbocycles. The minimum absolute atomic E-state index is 0.180. The molecule has 1 saturated heterocycles. The number of rotatable bonds is 7. The van der Waals surface area contributed by atoms with Crippen LogP contribution in [-0.4, -0.2) is 56.0 Å². The summed E-state index contributed by atoms with van der Waals surface area (Å²) in [5, 5.41) is 13.9. The molecule has 0 spiro atoms. The molecule has 3 N–H and O–H groups in total. The summed E-state index contributed by atoms with van der Waals surface area (Å²) in [5.41, 5.74) is 5.10. The van der Waals surface area contributed by atoms with Gasteiger partial charge in [0.15, 0.2) is 5.69 Å². The van der Waals surface area contributed by atoms with Gasteiger partial charge in [-0.15, -0.1) is 0 Å². The first kappa shape index (κ1) is 26.1. The van der Waals surface area contributed by atoms with Gasteiger partial charge < -0.3 is 10.6 Å². The molecule has 4 aromatic rings. The number of carbonyl (C=O) groups excluding carboxylic acids is 2. The Hall–Kier alpha value is -4.11. The minimum atomic E-state index is -0.346. The van der Waals surface area contributed by atoms with Gasteiger partial charge in [-0.05, 0) is 80.2 Å². The van der Waals surface area contributed by atoms with Crippen molar-refractivity contribution in [3.63, 3.8) is 0 Å². The largest absolute Gasteiger partial charge is 0.348 e. The Kier molecular flexibility index (Phi) is 7.81. The molecule has 1 saturated carbocycles. The molecule has 3 aromatic heterocycles. The lowest BCUT2D eigenvalue weighted by atomic mass is 10.0. The van der Waals surface area contributed by atoms with E-state index in [4.69, 9.17) is 0 Å². The van der Waals surface area contributed by atoms with E-state index >= 15 is 0 Å². The number of fused-ring (bicyclic) bond motifs is 1. The highest BCUT2D eigenvalue weighted by Crippen LogP contribution is 2.27. The molecule has 0 unspecified atom stereocenters. The van der Waals surface area contributed by atoms with Crippen LogP contribution in [0.15, 0.2) is 55.0 Å². The standard InChI is InChI=1S/C31H35N7O2/c39-30(34-24-7-3-4-8-24)28-12-10-25(19-33-28)35-31(40)29-26-16-22(9-11-27(26)36-37-29)23-15-21(17-32-18-23)20-38-13-5-1-2-6-14-38/h9-12,15-19,24H,1-8,13-14,20H2,(H,34,39)(H,35,40)(H,36,37). The monoisotopic (exact) mass is 537 g/mol. The predicted octanol–water partition coefficient (Wildman–Crippen LogP) is 5.32. The Balaban J connectivity index is 1.15. The quantitative estimate of drug-likeness (QED) is 0.294. The lowest BCUT2D eigenvalue weighted by Gasteiger charge is -2.19. The number of aromatic nitrogens is 4. The molecule has 40 heavy (non-hydrogen) atoms. The summed E-state index contributed by atoms with van der Waals surface area (Å²) in [5.74, 6) is -0.526. The molecule has 206 valence electrons. The van der Waals surface area contributed by atoms with Crippen molar-refractivity contribution in [2.24, 2.45) is 0 Å². The fourth-order valence-corrected chi connectivity index (χ4v) is 5.77. The second kappa shape index (κ2) is 12.0. The van der Waals surface area contributed by atoms with Crippen LogP contribution < -0.4 is 10.6 Å². The maximum absolute atomic E-state index is 13.2. The molecule has 0 radical (unpaired) electrons. The molecule has 1 aromatic carbocycles. The van der Waals surface area contributed by atoms with Crippen molar-refractivity contribution in [1.29, 1.82) is 0 Å². The van der Waals surface area contributed by atoms with E-state index in [2.05, 4.69) is 41.8 Å². The highest BCUT2D eigenvalue weighted by atomic mass is 16.2. The third-order valence-corrected chi connectivity index (χ3v) is 7.96. The number of hydrogen-bond acceptors (Lipinski definition) is 6. The van der Waals surface area contributed by atoms with Gasteiger partial charge in [0.2, 0.25) is 0 Å². The van der Waals surface area contributed by atoms with E-state index < -0.39 is 0 Å². The van der Waals surface area contributed by atoms with E-state index in [0.29, 0.717) is 17.1 Å². The van der Waals surface area contributed by atoms with E-state index in [1.54, 1.807) is 12.1 Å². The van der Waals surface area contributed by atoms with Crippen molar-refractivity contribution < 1.29 is 9.59 Å². The maximum Gasteiger partial charge on any atom is 0.276 e. The summed E-state index contributed by atoms with van der Waals surface area (Å²) in [6.45, 7) is 3.17. The van der Waals surface area contributed by atoms with Gasteiger partial charge >= 0.3 is 0 Å². The highest BCUT2D eigenvalue weighted by Gasteiger charge is 2.20. The number of H-pyrrole nitrogens is 1. The molecular formula is C31H35N7O2. The van der Waals surface area contributed by atoms with Crippen molar-refractivity contribution in [3.8, 4) is 11.1 Å². The molecule has 4 heterocycles. The zero-order valence-corrected chi connectivity index (χ0v) is 22.7. The van der Waals surface area contributed by atoms with Gasteiger partial charge in [0.25, 0.3) is 11.8 Å². The number of amides is 2. The molecule has 0 atom stereocenters. The average molecular weight is 538 g/mol. The van der Waals surface area contributed by atoms with Crippen LogP contribution >= 0.6 is 0 Å². The van der Waals surface area contributed by atoms with E-state index in [-0.39, 0.29) is 17.9 Å². The first-order chi connectivity index (χ1) is 19.6. The molecule has 9 nitrogen and oxygen atoms in total. The number of benzene rings is 1. The third kappa shape index (κ3) is 6.04. The van der Waals surface area contributed by atoms with Crippen LogP contribution in [0.2, 0.25) is 0 Å². The number of anilines is 1. The van der Waals surface area contributed by atoms with Crippen LogP contribution in [0.5, 0.6) is 0 Å². The fourth-order valence-electron chi connectivity index (χ4n) is 5.77. The smallest absolute Gasteiger partial charge is 0.276 e. The van der Waals surface area contributed by atoms with Crippen molar-refractivity contribution >= 4 is 28.4 Å². The SMILES string of the molecule is O=C(NC1CCCC1)c1ccc(NC(=O)c2n[nH]c3ccc(-c4cncc(CN5CCCCCC5)c4)cc23)cn1. The predicted molar refractivity (Wildman–Crippen MR) is 155 cm³/mol. The van der Waals surface area contributed by atoms with Crippen LogP contribution in [0.1, 0.15) is 77.9 Å². The van der Waals surface area contributed by atoms with Crippen LogP contribution in [0.4, 0.5) is 5.69 Å². The molecule has 2 amide bonds. The zero-order valence-electron chi connectivity index (χ0n) is 22.7. The summed E-state index contributed by atoms with van der Waals surface area (Å²) >= 11 is 0. The molecule has 2 fully saturated rings. The molecule has 9 heteroatoms. The van der Waals surface area contributed by atoms with Gasteiger partial charge in [0.1, 0.15) is 5.69 Å². The third-order valence-electron chi connectivity index (χ3n) is 7.96. The topological polar surface area (TPSA) is 116 Å². The van der Waals surface area contributed by atoms with Crippen molar-refractivity contribution in [2.45, 2.75) is 64.0 Å². The molecule has 0 bridgehead atoms. The number of aromatic amines is 1. The Morgan fingerprint density at radius 1 is 0.875 bits per heavy atom. The molecule has 1 aliphatic heterocycles. The number of pyridine rings is 2. The number of nitrogens with zero attached hydrogens (tertiary/aromatic N) is 4. The molecular weight excluding hydrogens is 502 g/mol. The second-order valence-corrected chi connectivity index (χ2v) is 10.9. The van der Waals surface area contributed by atoms with Crippen LogP contribution in [-0.2, 0) is 6.54 Å².